The maximum atomic E-state index is 3.48. The van der Waals surface area contributed by atoms with Gasteiger partial charge in [0.25, 0.3) is 0 Å². The molecule has 0 spiro atoms. The molecule has 0 aliphatic carbocycles. The Bertz CT molecular complexity index is 106. The second-order valence-electron chi connectivity index (χ2n) is 3.26. The average molecular weight is 220 g/mol. The van der Waals surface area contributed by atoms with Crippen LogP contribution in [0, 0.1) is 0 Å². The fourth-order valence-electron chi connectivity index (χ4n) is 1.95. The quantitative estimate of drug-likeness (QED) is 0.658. The summed E-state index contributed by atoms with van der Waals surface area (Å²) < 4.78 is 0. The van der Waals surface area contributed by atoms with Crippen LogP contribution in [0.4, 0.5) is 0 Å². The predicted molar refractivity (Wildman–Crippen MR) is 53.3 cm³/mol. The molecule has 0 N–H and O–H groups in total. The SMILES string of the molecule is CCN1CCCC1CCCBr. The molecule has 1 nitrogen and oxygen atoms in total. The second-order valence-corrected chi connectivity index (χ2v) is 4.05. The number of likely N-dealkylation sites (tertiary alicyclic amines) is 1. The van der Waals surface area contributed by atoms with Crippen molar-refractivity contribution in [1.29, 1.82) is 0 Å². The van der Waals surface area contributed by atoms with E-state index in [9.17, 15) is 0 Å². The first-order valence-corrected chi connectivity index (χ1v) is 5.80. The molecule has 0 amide bonds. The van der Waals surface area contributed by atoms with Crippen molar-refractivity contribution in [3.05, 3.63) is 0 Å². The maximum absolute atomic E-state index is 3.48. The summed E-state index contributed by atoms with van der Waals surface area (Å²) in [6.07, 6.45) is 5.57. The van der Waals surface area contributed by atoms with Crippen molar-refractivity contribution in [2.24, 2.45) is 0 Å². The van der Waals surface area contributed by atoms with Crippen LogP contribution >= 0.6 is 15.9 Å². The van der Waals surface area contributed by atoms with E-state index in [1.807, 2.05) is 0 Å². The summed E-state index contributed by atoms with van der Waals surface area (Å²) in [6.45, 7) is 4.85. The van der Waals surface area contributed by atoms with Crippen LogP contribution in [0.15, 0.2) is 0 Å². The van der Waals surface area contributed by atoms with E-state index in [4.69, 9.17) is 0 Å². The van der Waals surface area contributed by atoms with E-state index in [0.29, 0.717) is 0 Å². The van der Waals surface area contributed by atoms with Crippen LogP contribution in [0.1, 0.15) is 32.6 Å². The van der Waals surface area contributed by atoms with Crippen LogP contribution in [0.2, 0.25) is 0 Å². The van der Waals surface area contributed by atoms with E-state index in [-0.39, 0.29) is 0 Å². The molecule has 1 heterocycles. The third-order valence-corrected chi connectivity index (χ3v) is 3.14. The highest BCUT2D eigenvalue weighted by Crippen LogP contribution is 2.20. The Kier molecular flexibility index (Phi) is 4.46. The fourth-order valence-corrected chi connectivity index (χ4v) is 2.27. The van der Waals surface area contributed by atoms with E-state index in [1.54, 1.807) is 0 Å². The standard InChI is InChI=1S/C9H18BrN/c1-2-11-8-4-6-9(11)5-3-7-10/h9H,2-8H2,1H3. The molecule has 2 heteroatoms. The van der Waals surface area contributed by atoms with Crippen molar-refractivity contribution < 1.29 is 0 Å². The molecule has 66 valence electrons. The molecular formula is C9H18BrN. The molecule has 0 aromatic carbocycles. The van der Waals surface area contributed by atoms with Crippen LogP contribution in [0.25, 0.3) is 0 Å². The molecule has 0 saturated carbocycles. The Balaban J connectivity index is 2.20. The molecule has 11 heavy (non-hydrogen) atoms. The number of alkyl halides is 1. The Morgan fingerprint density at radius 1 is 1.55 bits per heavy atom. The third kappa shape index (κ3) is 2.75. The lowest BCUT2D eigenvalue weighted by atomic mass is 10.1. The highest BCUT2D eigenvalue weighted by Gasteiger charge is 2.21. The van der Waals surface area contributed by atoms with Gasteiger partial charge in [-0.15, -0.1) is 0 Å². The first kappa shape index (κ1) is 9.53. The fraction of sp³-hybridized carbons (Fsp3) is 1.00. The minimum Gasteiger partial charge on any atom is -0.301 e. The monoisotopic (exact) mass is 219 g/mol. The minimum atomic E-state index is 0.901. The van der Waals surface area contributed by atoms with E-state index in [1.165, 1.54) is 44.1 Å². The van der Waals surface area contributed by atoms with Gasteiger partial charge in [0.05, 0.1) is 0 Å². The molecule has 1 aliphatic heterocycles. The topological polar surface area (TPSA) is 3.24 Å². The van der Waals surface area contributed by atoms with Crippen molar-refractivity contribution in [2.75, 3.05) is 18.4 Å². The van der Waals surface area contributed by atoms with E-state index in [0.717, 1.165) is 6.04 Å². The molecule has 0 aromatic heterocycles. The third-order valence-electron chi connectivity index (χ3n) is 2.58. The molecule has 1 saturated heterocycles. The first-order valence-electron chi connectivity index (χ1n) is 4.68. The first-order chi connectivity index (χ1) is 5.38. The van der Waals surface area contributed by atoms with Gasteiger partial charge in [0.1, 0.15) is 0 Å². The lowest BCUT2D eigenvalue weighted by Crippen LogP contribution is -2.28. The van der Waals surface area contributed by atoms with Crippen LogP contribution in [-0.2, 0) is 0 Å². The lowest BCUT2D eigenvalue weighted by molar-refractivity contribution is 0.255. The van der Waals surface area contributed by atoms with E-state index in [2.05, 4.69) is 27.8 Å². The normalized spacial score (nSPS) is 26.2. The summed E-state index contributed by atoms with van der Waals surface area (Å²) >= 11 is 3.48. The highest BCUT2D eigenvalue weighted by atomic mass is 79.9. The Hall–Kier alpha value is 0.440. The molecule has 1 unspecified atom stereocenters. The highest BCUT2D eigenvalue weighted by molar-refractivity contribution is 9.09. The van der Waals surface area contributed by atoms with Gasteiger partial charge in [-0.25, -0.2) is 0 Å². The summed E-state index contributed by atoms with van der Waals surface area (Å²) in [7, 11) is 0. The van der Waals surface area contributed by atoms with Crippen molar-refractivity contribution in [2.45, 2.75) is 38.6 Å². The molecule has 0 radical (unpaired) electrons. The second kappa shape index (κ2) is 5.15. The van der Waals surface area contributed by atoms with Gasteiger partial charge in [0.2, 0.25) is 0 Å². The Morgan fingerprint density at radius 2 is 2.36 bits per heavy atom. The van der Waals surface area contributed by atoms with Gasteiger partial charge in [-0.3, -0.25) is 0 Å². The van der Waals surface area contributed by atoms with Crippen molar-refractivity contribution in [3.8, 4) is 0 Å². The zero-order valence-corrected chi connectivity index (χ0v) is 8.94. The van der Waals surface area contributed by atoms with Crippen molar-refractivity contribution >= 4 is 15.9 Å². The molecule has 1 rings (SSSR count). The molecule has 1 atom stereocenters. The number of rotatable bonds is 4. The lowest BCUT2D eigenvalue weighted by Gasteiger charge is -2.21. The summed E-state index contributed by atoms with van der Waals surface area (Å²) in [5, 5.41) is 1.17. The van der Waals surface area contributed by atoms with Gasteiger partial charge in [-0.2, -0.15) is 0 Å². The largest absolute Gasteiger partial charge is 0.301 e. The van der Waals surface area contributed by atoms with Crippen LogP contribution < -0.4 is 0 Å². The van der Waals surface area contributed by atoms with Gasteiger partial charge in [-0.1, -0.05) is 22.9 Å². The number of halogens is 1. The number of hydrogen-bond donors (Lipinski definition) is 0. The maximum Gasteiger partial charge on any atom is 0.00959 e. The number of hydrogen-bond acceptors (Lipinski definition) is 1. The van der Waals surface area contributed by atoms with Gasteiger partial charge in [0.15, 0.2) is 0 Å². The molecule has 1 aliphatic rings. The van der Waals surface area contributed by atoms with Crippen LogP contribution in [0.3, 0.4) is 0 Å². The van der Waals surface area contributed by atoms with Crippen molar-refractivity contribution in [1.82, 2.24) is 4.90 Å². The zero-order valence-electron chi connectivity index (χ0n) is 7.35. The Morgan fingerprint density at radius 3 is 3.00 bits per heavy atom. The summed E-state index contributed by atoms with van der Waals surface area (Å²) in [4.78, 5) is 2.61. The van der Waals surface area contributed by atoms with E-state index >= 15 is 0 Å². The molecule has 0 aromatic rings. The summed E-state index contributed by atoms with van der Waals surface area (Å²) in [6, 6.07) is 0.901. The smallest absolute Gasteiger partial charge is 0.00959 e. The minimum absolute atomic E-state index is 0.901. The zero-order chi connectivity index (χ0) is 8.10. The summed E-state index contributed by atoms with van der Waals surface area (Å²) in [5.74, 6) is 0. The van der Waals surface area contributed by atoms with Crippen LogP contribution in [-0.4, -0.2) is 29.4 Å². The molecule has 0 bridgehead atoms. The average Bonchev–Trinajstić information content (AvgIpc) is 2.47. The molecular weight excluding hydrogens is 202 g/mol. The van der Waals surface area contributed by atoms with Crippen LogP contribution in [0.5, 0.6) is 0 Å². The van der Waals surface area contributed by atoms with Crippen molar-refractivity contribution in [3.63, 3.8) is 0 Å². The Labute approximate surface area is 78.3 Å². The van der Waals surface area contributed by atoms with Gasteiger partial charge in [-0.05, 0) is 38.8 Å². The van der Waals surface area contributed by atoms with Gasteiger partial charge < -0.3 is 4.90 Å². The number of nitrogens with zero attached hydrogens (tertiary/aromatic N) is 1. The summed E-state index contributed by atoms with van der Waals surface area (Å²) in [5.41, 5.74) is 0. The van der Waals surface area contributed by atoms with Gasteiger partial charge in [0, 0.05) is 11.4 Å². The van der Waals surface area contributed by atoms with E-state index < -0.39 is 0 Å². The predicted octanol–water partition coefficient (Wildman–Crippen LogP) is 2.65. The van der Waals surface area contributed by atoms with Gasteiger partial charge >= 0.3 is 0 Å². The molecule has 1 fully saturated rings.